The van der Waals surface area contributed by atoms with Crippen LogP contribution in [0.4, 0.5) is 0 Å². The fraction of sp³-hybridized carbons (Fsp3) is 0.375. The van der Waals surface area contributed by atoms with Gasteiger partial charge in [-0.1, -0.05) is 36.7 Å². The van der Waals surface area contributed by atoms with E-state index in [9.17, 15) is 4.79 Å². The van der Waals surface area contributed by atoms with Gasteiger partial charge >= 0.3 is 0 Å². The second-order valence-corrected chi connectivity index (χ2v) is 6.41. The van der Waals surface area contributed by atoms with Crippen LogP contribution in [0.2, 0.25) is 5.02 Å². The average Bonchev–Trinajstić information content (AvgIpc) is 3.01. The van der Waals surface area contributed by atoms with Crippen molar-refractivity contribution in [3.8, 4) is 0 Å². The quantitative estimate of drug-likeness (QED) is 0.803. The highest BCUT2D eigenvalue weighted by atomic mass is 35.5. The predicted octanol–water partition coefficient (Wildman–Crippen LogP) is 3.36. The Morgan fingerprint density at radius 1 is 1.45 bits per heavy atom. The number of benzene rings is 1. The van der Waals surface area contributed by atoms with Crippen molar-refractivity contribution in [1.29, 1.82) is 0 Å². The summed E-state index contributed by atoms with van der Waals surface area (Å²) in [6.07, 6.45) is 6.30. The van der Waals surface area contributed by atoms with Gasteiger partial charge in [-0.3, -0.25) is 4.79 Å². The molecule has 1 atom stereocenters. The van der Waals surface area contributed by atoms with Crippen LogP contribution in [0.5, 0.6) is 0 Å². The molecule has 118 valence electrons. The number of carbonyl (C=O) groups excluding carboxylic acids is 1. The van der Waals surface area contributed by atoms with Gasteiger partial charge < -0.3 is 9.88 Å². The van der Waals surface area contributed by atoms with Crippen LogP contribution in [-0.2, 0) is 17.1 Å². The first-order valence-electron chi connectivity index (χ1n) is 7.25. The minimum atomic E-state index is 0.0593. The Bertz CT molecular complexity index is 589. The third-order valence-electron chi connectivity index (χ3n) is 3.30. The molecule has 0 unspecified atom stereocenters. The van der Waals surface area contributed by atoms with Gasteiger partial charge in [0.05, 0.1) is 12.1 Å². The molecule has 1 aromatic carbocycles. The first-order valence-corrected chi connectivity index (χ1v) is 8.78. The fourth-order valence-electron chi connectivity index (χ4n) is 2.06. The van der Waals surface area contributed by atoms with E-state index < -0.39 is 0 Å². The molecule has 1 aromatic heterocycles. The van der Waals surface area contributed by atoms with E-state index in [1.165, 1.54) is 0 Å². The van der Waals surface area contributed by atoms with E-state index in [4.69, 9.17) is 11.6 Å². The van der Waals surface area contributed by atoms with Gasteiger partial charge in [-0.05, 0) is 18.1 Å². The molecule has 2 aromatic rings. The third kappa shape index (κ3) is 5.39. The number of imidazole rings is 1. The molecule has 0 saturated heterocycles. The number of hydrogen-bond acceptors (Lipinski definition) is 3. The molecule has 4 nitrogen and oxygen atoms in total. The van der Waals surface area contributed by atoms with E-state index in [-0.39, 0.29) is 11.9 Å². The number of halogens is 1. The first kappa shape index (κ1) is 16.9. The third-order valence-corrected chi connectivity index (χ3v) is 4.65. The Morgan fingerprint density at radius 2 is 2.27 bits per heavy atom. The number of aromatic nitrogens is 2. The number of thioether (sulfide) groups is 1. The zero-order valence-electron chi connectivity index (χ0n) is 12.5. The highest BCUT2D eigenvalue weighted by molar-refractivity contribution is 7.99. The van der Waals surface area contributed by atoms with E-state index in [0.29, 0.717) is 5.75 Å². The Kier molecular flexibility index (Phi) is 6.80. The summed E-state index contributed by atoms with van der Waals surface area (Å²) in [5.41, 5.74) is 1.06. The largest absolute Gasteiger partial charge is 0.351 e. The summed E-state index contributed by atoms with van der Waals surface area (Å²) >= 11 is 7.68. The molecular formula is C16H20ClN3OS. The fourth-order valence-corrected chi connectivity index (χ4v) is 3.19. The standard InChI is InChI=1S/C16H20ClN3OS/c1-2-14(9-20-8-7-18-12-20)19-16(21)11-22-10-13-5-3-4-6-15(13)17/h3-8,12,14H,2,9-11H2,1H3,(H,19,21)/t14-/m1/s1. The second-order valence-electron chi connectivity index (χ2n) is 5.02. The molecule has 0 saturated carbocycles. The number of nitrogens with zero attached hydrogens (tertiary/aromatic N) is 2. The van der Waals surface area contributed by atoms with Gasteiger partial charge in [0.15, 0.2) is 0 Å². The first-order chi connectivity index (χ1) is 10.7. The van der Waals surface area contributed by atoms with Crippen LogP contribution in [-0.4, -0.2) is 27.3 Å². The van der Waals surface area contributed by atoms with Crippen LogP contribution in [0.1, 0.15) is 18.9 Å². The monoisotopic (exact) mass is 337 g/mol. The number of rotatable bonds is 8. The molecular weight excluding hydrogens is 318 g/mol. The Labute approximate surface area is 140 Å². The summed E-state index contributed by atoms with van der Waals surface area (Å²) < 4.78 is 1.98. The second kappa shape index (κ2) is 8.86. The number of nitrogens with one attached hydrogen (secondary N) is 1. The molecule has 0 spiro atoms. The van der Waals surface area contributed by atoms with Gasteiger partial charge in [0, 0.05) is 35.8 Å². The lowest BCUT2D eigenvalue weighted by molar-refractivity contribution is -0.119. The van der Waals surface area contributed by atoms with Crippen molar-refractivity contribution in [2.45, 2.75) is 31.7 Å². The van der Waals surface area contributed by atoms with Crippen LogP contribution in [0.3, 0.4) is 0 Å². The molecule has 0 aliphatic rings. The van der Waals surface area contributed by atoms with Gasteiger partial charge in [0.2, 0.25) is 5.91 Å². The summed E-state index contributed by atoms with van der Waals surface area (Å²) in [7, 11) is 0. The molecule has 22 heavy (non-hydrogen) atoms. The SMILES string of the molecule is CC[C@H](Cn1ccnc1)NC(=O)CSCc1ccccc1Cl. The Balaban J connectivity index is 1.73. The Morgan fingerprint density at radius 3 is 2.95 bits per heavy atom. The van der Waals surface area contributed by atoms with Crippen molar-refractivity contribution in [3.63, 3.8) is 0 Å². The lowest BCUT2D eigenvalue weighted by atomic mass is 10.2. The minimum absolute atomic E-state index is 0.0593. The van der Waals surface area contributed by atoms with E-state index in [2.05, 4.69) is 17.2 Å². The van der Waals surface area contributed by atoms with E-state index in [0.717, 1.165) is 29.3 Å². The molecule has 1 amide bonds. The molecule has 0 fully saturated rings. The smallest absolute Gasteiger partial charge is 0.230 e. The van der Waals surface area contributed by atoms with Gasteiger partial charge in [-0.25, -0.2) is 4.98 Å². The maximum Gasteiger partial charge on any atom is 0.230 e. The maximum atomic E-state index is 12.0. The minimum Gasteiger partial charge on any atom is -0.351 e. The summed E-state index contributed by atoms with van der Waals surface area (Å²) in [5.74, 6) is 1.24. The van der Waals surface area contributed by atoms with Crippen molar-refractivity contribution in [1.82, 2.24) is 14.9 Å². The van der Waals surface area contributed by atoms with E-state index in [1.54, 1.807) is 24.3 Å². The van der Waals surface area contributed by atoms with Crippen molar-refractivity contribution in [3.05, 3.63) is 53.6 Å². The normalized spacial score (nSPS) is 12.1. The number of amides is 1. The predicted molar refractivity (Wildman–Crippen MR) is 92.1 cm³/mol. The van der Waals surface area contributed by atoms with Gasteiger partial charge in [-0.2, -0.15) is 0 Å². The highest BCUT2D eigenvalue weighted by Gasteiger charge is 2.11. The molecule has 2 rings (SSSR count). The van der Waals surface area contributed by atoms with Crippen molar-refractivity contribution in [2.24, 2.45) is 0 Å². The number of carbonyl (C=O) groups is 1. The van der Waals surface area contributed by atoms with Crippen LogP contribution in [0.25, 0.3) is 0 Å². The topological polar surface area (TPSA) is 46.9 Å². The molecule has 0 radical (unpaired) electrons. The average molecular weight is 338 g/mol. The summed E-state index contributed by atoms with van der Waals surface area (Å²) in [4.78, 5) is 16.0. The zero-order chi connectivity index (χ0) is 15.8. The van der Waals surface area contributed by atoms with Crippen LogP contribution < -0.4 is 5.32 Å². The lowest BCUT2D eigenvalue weighted by Gasteiger charge is -2.17. The van der Waals surface area contributed by atoms with E-state index >= 15 is 0 Å². The van der Waals surface area contributed by atoms with Crippen LogP contribution in [0.15, 0.2) is 43.0 Å². The lowest BCUT2D eigenvalue weighted by Crippen LogP contribution is -2.38. The molecule has 6 heteroatoms. The molecule has 0 aliphatic carbocycles. The molecule has 1 heterocycles. The van der Waals surface area contributed by atoms with Crippen molar-refractivity contribution in [2.75, 3.05) is 5.75 Å². The summed E-state index contributed by atoms with van der Waals surface area (Å²) in [5, 5.41) is 3.82. The van der Waals surface area contributed by atoms with E-state index in [1.807, 2.05) is 35.0 Å². The summed E-state index contributed by atoms with van der Waals surface area (Å²) in [6, 6.07) is 7.85. The molecule has 1 N–H and O–H groups in total. The summed E-state index contributed by atoms with van der Waals surface area (Å²) in [6.45, 7) is 2.82. The van der Waals surface area contributed by atoms with Crippen LogP contribution >= 0.6 is 23.4 Å². The van der Waals surface area contributed by atoms with Gasteiger partial charge in [0.1, 0.15) is 0 Å². The molecule has 0 aliphatic heterocycles. The van der Waals surface area contributed by atoms with Crippen LogP contribution in [0, 0.1) is 0 Å². The van der Waals surface area contributed by atoms with Crippen molar-refractivity contribution < 1.29 is 4.79 Å². The Hall–Kier alpha value is -1.46. The number of hydrogen-bond donors (Lipinski definition) is 1. The zero-order valence-corrected chi connectivity index (χ0v) is 14.1. The van der Waals surface area contributed by atoms with Crippen molar-refractivity contribution >= 4 is 29.3 Å². The molecule has 0 bridgehead atoms. The highest BCUT2D eigenvalue weighted by Crippen LogP contribution is 2.20. The maximum absolute atomic E-state index is 12.0. The van der Waals surface area contributed by atoms with Gasteiger partial charge in [-0.15, -0.1) is 11.8 Å². The van der Waals surface area contributed by atoms with Gasteiger partial charge in [0.25, 0.3) is 0 Å².